The van der Waals surface area contributed by atoms with E-state index in [0.29, 0.717) is 29.4 Å². The summed E-state index contributed by atoms with van der Waals surface area (Å²) < 4.78 is 16.4. The fourth-order valence-electron chi connectivity index (χ4n) is 2.28. The zero-order chi connectivity index (χ0) is 21.9. The van der Waals surface area contributed by atoms with E-state index in [4.69, 9.17) is 14.2 Å². The van der Waals surface area contributed by atoms with Crippen LogP contribution in [-0.4, -0.2) is 38.2 Å². The molecule has 0 spiro atoms. The van der Waals surface area contributed by atoms with Crippen LogP contribution in [0, 0.1) is 0 Å². The molecule has 0 radical (unpaired) electrons. The number of esters is 1. The zero-order valence-corrected chi connectivity index (χ0v) is 17.7. The van der Waals surface area contributed by atoms with Crippen molar-refractivity contribution in [3.63, 3.8) is 0 Å². The molecule has 0 heterocycles. The number of anilines is 1. The summed E-state index contributed by atoms with van der Waals surface area (Å²) in [5.41, 5.74) is 0.741. The number of rotatable bonds is 9. The first-order valence-corrected chi connectivity index (χ1v) is 9.71. The number of amides is 3. The highest BCUT2D eigenvalue weighted by Crippen LogP contribution is 2.19. The molecule has 30 heavy (non-hydrogen) atoms. The topological polar surface area (TPSA) is 94.2 Å². The number of nitrogens with zero attached hydrogens (tertiary/aromatic N) is 1. The number of methoxy groups -OCH3 is 1. The van der Waals surface area contributed by atoms with Crippen molar-refractivity contribution in [3.05, 3.63) is 54.1 Å². The second-order valence-electron chi connectivity index (χ2n) is 6.17. The van der Waals surface area contributed by atoms with Crippen molar-refractivity contribution in [1.29, 1.82) is 0 Å². The molecule has 2 aromatic rings. The SMILES string of the molecule is CCCCOC(=O)c1ccc(N(S)C(=O)NC(=O)COc2ccc(OC)cc2)cc1. The van der Waals surface area contributed by atoms with Crippen molar-refractivity contribution < 1.29 is 28.6 Å². The Balaban J connectivity index is 1.83. The summed E-state index contributed by atoms with van der Waals surface area (Å²) >= 11 is 4.10. The average Bonchev–Trinajstić information content (AvgIpc) is 2.77. The maximum atomic E-state index is 12.2. The van der Waals surface area contributed by atoms with Crippen LogP contribution < -0.4 is 19.1 Å². The predicted molar refractivity (Wildman–Crippen MR) is 115 cm³/mol. The summed E-state index contributed by atoms with van der Waals surface area (Å²) in [6.07, 6.45) is 1.73. The number of thiol groups is 1. The van der Waals surface area contributed by atoms with E-state index in [1.807, 2.05) is 6.92 Å². The lowest BCUT2D eigenvalue weighted by atomic mass is 10.2. The Labute approximate surface area is 180 Å². The normalized spacial score (nSPS) is 10.1. The van der Waals surface area contributed by atoms with Crippen LogP contribution in [0.3, 0.4) is 0 Å². The fraction of sp³-hybridized carbons (Fsp3) is 0.286. The summed E-state index contributed by atoms with van der Waals surface area (Å²) in [6.45, 7) is 2.02. The number of carbonyl (C=O) groups excluding carboxylic acids is 3. The molecule has 1 N–H and O–H groups in total. The van der Waals surface area contributed by atoms with Crippen LogP contribution in [0.25, 0.3) is 0 Å². The van der Waals surface area contributed by atoms with Gasteiger partial charge < -0.3 is 14.2 Å². The molecule has 0 unspecified atom stereocenters. The molecule has 8 nitrogen and oxygen atoms in total. The number of unbranched alkanes of at least 4 members (excludes halogenated alkanes) is 1. The van der Waals surface area contributed by atoms with Gasteiger partial charge in [-0.25, -0.2) is 13.9 Å². The summed E-state index contributed by atoms with van der Waals surface area (Å²) in [7, 11) is 1.55. The Hall–Kier alpha value is -3.20. The number of imide groups is 1. The van der Waals surface area contributed by atoms with E-state index in [2.05, 4.69) is 18.1 Å². The number of nitrogens with one attached hydrogen (secondary N) is 1. The van der Waals surface area contributed by atoms with Gasteiger partial charge in [0.15, 0.2) is 6.61 Å². The minimum Gasteiger partial charge on any atom is -0.497 e. The van der Waals surface area contributed by atoms with Crippen LogP contribution in [0.1, 0.15) is 30.1 Å². The van der Waals surface area contributed by atoms with E-state index in [1.165, 1.54) is 24.3 Å². The third-order valence-corrected chi connectivity index (χ3v) is 4.36. The summed E-state index contributed by atoms with van der Waals surface area (Å²) in [4.78, 5) is 36.1. The molecular formula is C21H24N2O6S. The van der Waals surface area contributed by atoms with E-state index in [9.17, 15) is 14.4 Å². The minimum absolute atomic E-state index is 0.345. The third-order valence-electron chi connectivity index (χ3n) is 3.95. The van der Waals surface area contributed by atoms with Crippen molar-refractivity contribution >= 4 is 36.4 Å². The Kier molecular flexibility index (Phi) is 9.02. The second kappa shape index (κ2) is 11.7. The van der Waals surface area contributed by atoms with Crippen molar-refractivity contribution in [1.82, 2.24) is 5.32 Å². The number of carbonyl (C=O) groups is 3. The van der Waals surface area contributed by atoms with Crippen LogP contribution in [0.2, 0.25) is 0 Å². The quantitative estimate of drug-likeness (QED) is 0.357. The fourth-order valence-corrected chi connectivity index (χ4v) is 2.46. The van der Waals surface area contributed by atoms with Crippen molar-refractivity contribution in [2.45, 2.75) is 19.8 Å². The first-order chi connectivity index (χ1) is 14.4. The van der Waals surface area contributed by atoms with Gasteiger partial charge in [-0.1, -0.05) is 26.2 Å². The van der Waals surface area contributed by atoms with Gasteiger partial charge in [0.1, 0.15) is 11.5 Å². The molecular weight excluding hydrogens is 408 g/mol. The zero-order valence-electron chi connectivity index (χ0n) is 16.8. The summed E-state index contributed by atoms with van der Waals surface area (Å²) in [6, 6.07) is 12.0. The van der Waals surface area contributed by atoms with Crippen LogP contribution in [-0.2, 0) is 9.53 Å². The Morgan fingerprint density at radius 3 is 2.23 bits per heavy atom. The molecule has 0 atom stereocenters. The number of ether oxygens (including phenoxy) is 3. The Morgan fingerprint density at radius 1 is 1.00 bits per heavy atom. The molecule has 0 fully saturated rings. The first kappa shape index (κ1) is 23.1. The van der Waals surface area contributed by atoms with E-state index < -0.39 is 17.9 Å². The first-order valence-electron chi connectivity index (χ1n) is 9.31. The van der Waals surface area contributed by atoms with Gasteiger partial charge in [0.2, 0.25) is 0 Å². The van der Waals surface area contributed by atoms with Crippen LogP contribution in [0.15, 0.2) is 48.5 Å². The molecule has 0 saturated carbocycles. The maximum absolute atomic E-state index is 12.2. The smallest absolute Gasteiger partial charge is 0.338 e. The highest BCUT2D eigenvalue weighted by molar-refractivity contribution is 7.82. The van der Waals surface area contributed by atoms with Crippen LogP contribution in [0.5, 0.6) is 11.5 Å². The Morgan fingerprint density at radius 2 is 1.63 bits per heavy atom. The van der Waals surface area contributed by atoms with Gasteiger partial charge in [0.25, 0.3) is 5.91 Å². The maximum Gasteiger partial charge on any atom is 0.338 e. The third kappa shape index (κ3) is 7.00. The highest BCUT2D eigenvalue weighted by Gasteiger charge is 2.16. The summed E-state index contributed by atoms with van der Waals surface area (Å²) in [5.74, 6) is 0.0532. The lowest BCUT2D eigenvalue weighted by Crippen LogP contribution is -2.40. The van der Waals surface area contributed by atoms with Crippen molar-refractivity contribution in [3.8, 4) is 11.5 Å². The van der Waals surface area contributed by atoms with Gasteiger partial charge >= 0.3 is 12.0 Å². The number of urea groups is 1. The molecule has 9 heteroatoms. The van der Waals surface area contributed by atoms with Gasteiger partial charge in [0, 0.05) is 0 Å². The summed E-state index contributed by atoms with van der Waals surface area (Å²) in [5, 5.41) is 2.17. The lowest BCUT2D eigenvalue weighted by molar-refractivity contribution is -0.121. The molecule has 0 aliphatic carbocycles. The standard InChI is InChI=1S/C21H24N2O6S/c1-3-4-13-28-20(25)15-5-7-16(8-6-15)23(30)21(26)22-19(24)14-29-18-11-9-17(27-2)10-12-18/h5-12,30H,3-4,13-14H2,1-2H3,(H,22,24,26). The van der Waals surface area contributed by atoms with Gasteiger partial charge in [-0.05, 0) is 55.0 Å². The van der Waals surface area contributed by atoms with Gasteiger partial charge in [0.05, 0.1) is 25.0 Å². The molecule has 0 saturated heterocycles. The van der Waals surface area contributed by atoms with E-state index >= 15 is 0 Å². The number of benzene rings is 2. The molecule has 0 aliphatic rings. The molecule has 0 aliphatic heterocycles. The molecule has 0 bridgehead atoms. The van der Waals surface area contributed by atoms with E-state index in [-0.39, 0.29) is 6.61 Å². The Bertz CT molecular complexity index is 855. The predicted octanol–water partition coefficient (Wildman–Crippen LogP) is 3.62. The van der Waals surface area contributed by atoms with Gasteiger partial charge in [-0.15, -0.1) is 0 Å². The van der Waals surface area contributed by atoms with Crippen molar-refractivity contribution in [2.75, 3.05) is 24.6 Å². The second-order valence-corrected chi connectivity index (χ2v) is 6.57. The monoisotopic (exact) mass is 432 g/mol. The molecule has 160 valence electrons. The highest BCUT2D eigenvalue weighted by atomic mass is 32.1. The average molecular weight is 432 g/mol. The largest absolute Gasteiger partial charge is 0.497 e. The molecule has 3 amide bonds. The molecule has 0 aromatic heterocycles. The number of hydrogen-bond acceptors (Lipinski definition) is 7. The lowest BCUT2D eigenvalue weighted by Gasteiger charge is -2.16. The van der Waals surface area contributed by atoms with E-state index in [1.54, 1.807) is 31.4 Å². The van der Waals surface area contributed by atoms with Gasteiger partial charge in [-0.3, -0.25) is 10.1 Å². The number of hydrogen-bond donors (Lipinski definition) is 2. The minimum atomic E-state index is -0.750. The molecule has 2 rings (SSSR count). The van der Waals surface area contributed by atoms with Crippen LogP contribution >= 0.6 is 12.8 Å². The van der Waals surface area contributed by atoms with E-state index in [0.717, 1.165) is 17.1 Å². The van der Waals surface area contributed by atoms with Gasteiger partial charge in [-0.2, -0.15) is 0 Å². The molecule has 2 aromatic carbocycles. The van der Waals surface area contributed by atoms with Crippen LogP contribution in [0.4, 0.5) is 10.5 Å². The van der Waals surface area contributed by atoms with Crippen molar-refractivity contribution in [2.24, 2.45) is 0 Å².